The van der Waals surface area contributed by atoms with Crippen LogP contribution in [0.25, 0.3) is 33.0 Å². The highest BCUT2D eigenvalue weighted by atomic mass is 16.5. The molecule has 394 valence electrons. The number of rotatable bonds is 6. The summed E-state index contributed by atoms with van der Waals surface area (Å²) >= 11 is 0. The van der Waals surface area contributed by atoms with Gasteiger partial charge in [0.15, 0.2) is 0 Å². The fourth-order valence-electron chi connectivity index (χ4n) is 17.0. The molecule has 0 aromatic heterocycles. The smallest absolute Gasteiger partial charge is 0.139 e. The number of nitrogens with zero attached hydrogens (tertiary/aromatic N) is 2. The number of anilines is 6. The summed E-state index contributed by atoms with van der Waals surface area (Å²) in [5.41, 5.74) is 22.9. The van der Waals surface area contributed by atoms with Crippen molar-refractivity contribution < 1.29 is 4.74 Å². The summed E-state index contributed by atoms with van der Waals surface area (Å²) < 4.78 is 7.68. The lowest BCUT2D eigenvalue weighted by Gasteiger charge is -2.63. The highest BCUT2D eigenvalue weighted by Crippen LogP contribution is 2.71. The van der Waals surface area contributed by atoms with E-state index in [4.69, 9.17) is 4.74 Å². The van der Waals surface area contributed by atoms with Gasteiger partial charge in [0.25, 0.3) is 0 Å². The van der Waals surface area contributed by atoms with E-state index in [1.807, 2.05) is 0 Å². The minimum absolute atomic E-state index is 0.0152. The third kappa shape index (κ3) is 6.96. The van der Waals surface area contributed by atoms with Crippen LogP contribution in [0.4, 0.5) is 34.1 Å². The molecule has 1 aliphatic heterocycles. The molecule has 4 bridgehead atoms. The second-order valence-electron chi connectivity index (χ2n) is 27.8. The highest BCUT2D eigenvalue weighted by molar-refractivity contribution is 6.06. The van der Waals surface area contributed by atoms with Gasteiger partial charge in [0.05, 0.1) is 17.1 Å². The van der Waals surface area contributed by atoms with Crippen LogP contribution in [0, 0.1) is 23.7 Å². The maximum Gasteiger partial charge on any atom is 0.139 e. The van der Waals surface area contributed by atoms with Gasteiger partial charge in [-0.3, -0.25) is 0 Å². The number of hydrogen-bond donors (Lipinski definition) is 0. The predicted octanol–water partition coefficient (Wildman–Crippen LogP) is 20.8. The molecule has 0 radical (unpaired) electrons. The van der Waals surface area contributed by atoms with E-state index in [1.54, 1.807) is 0 Å². The van der Waals surface area contributed by atoms with Gasteiger partial charge in [-0.05, 0) is 172 Å². The summed E-state index contributed by atoms with van der Waals surface area (Å²) in [6.45, 7) is 23.5. The normalized spacial score (nSPS) is 22.2. The minimum Gasteiger partial charge on any atom is -0.456 e. The maximum atomic E-state index is 7.68. The van der Waals surface area contributed by atoms with E-state index in [-0.39, 0.29) is 27.1 Å². The second kappa shape index (κ2) is 16.8. The standard InChI is InChI=1S/C76H74N2O/c1-72(2,3)48-29-33-52(34-30-48)77(65-27-17-25-61-69(65)57-21-13-15-23-59(57)74(61,7)8)54-37-38-68-63(44-54)76(50-40-46-39-47(42-50)43-51(76)41-46)64-45-67(55-19-11-12-20-56(55)71(64)79-68)78(53-35-31-49(32-36-53)73(4,5)6)66-28-18-26-62-70(66)58-22-14-16-24-60(58)75(62,9)10/h11-38,44-47,50-51H,39-43H2,1-10H3. The molecule has 1 spiro atoms. The van der Waals surface area contributed by atoms with Crippen LogP contribution in [0.5, 0.6) is 11.5 Å². The quantitative estimate of drug-likeness (QED) is 0.165. The van der Waals surface area contributed by atoms with Gasteiger partial charge < -0.3 is 14.5 Å². The Morgan fingerprint density at radius 1 is 0.392 bits per heavy atom. The molecule has 3 heteroatoms. The van der Waals surface area contributed by atoms with Crippen LogP contribution < -0.4 is 14.5 Å². The van der Waals surface area contributed by atoms with E-state index in [9.17, 15) is 0 Å². The molecule has 4 saturated carbocycles. The first-order chi connectivity index (χ1) is 37.9. The summed E-state index contributed by atoms with van der Waals surface area (Å²) in [6.07, 6.45) is 6.40. The van der Waals surface area contributed by atoms with Crippen LogP contribution in [0.2, 0.25) is 0 Å². The van der Waals surface area contributed by atoms with Gasteiger partial charge in [0, 0.05) is 66.3 Å². The Hall–Kier alpha value is -7.36. The zero-order valence-electron chi connectivity index (χ0n) is 48.0. The highest BCUT2D eigenvalue weighted by Gasteiger charge is 2.62. The van der Waals surface area contributed by atoms with E-state index in [0.29, 0.717) is 11.8 Å². The largest absolute Gasteiger partial charge is 0.456 e. The van der Waals surface area contributed by atoms with Gasteiger partial charge in [-0.15, -0.1) is 0 Å². The zero-order chi connectivity index (χ0) is 54.1. The Balaban J connectivity index is 0.996. The minimum atomic E-state index is -0.269. The number of fused-ring (bicyclic) bond motifs is 10. The Morgan fingerprint density at radius 3 is 1.38 bits per heavy atom. The van der Waals surface area contributed by atoms with E-state index in [1.165, 1.54) is 144 Å². The predicted molar refractivity (Wildman–Crippen MR) is 330 cm³/mol. The van der Waals surface area contributed by atoms with Crippen molar-refractivity contribution in [3.63, 3.8) is 0 Å². The summed E-state index contributed by atoms with van der Waals surface area (Å²) in [4.78, 5) is 5.23. The summed E-state index contributed by atoms with van der Waals surface area (Å²) in [5, 5.41) is 2.39. The van der Waals surface area contributed by atoms with Gasteiger partial charge in [0.2, 0.25) is 0 Å². The average Bonchev–Trinajstić information content (AvgIpc) is 3.63. The Labute approximate surface area is 469 Å². The van der Waals surface area contributed by atoms with Crippen LogP contribution in [0.1, 0.15) is 146 Å². The van der Waals surface area contributed by atoms with Crippen LogP contribution in [-0.2, 0) is 27.1 Å². The van der Waals surface area contributed by atoms with E-state index in [0.717, 1.165) is 23.3 Å². The summed E-state index contributed by atoms with van der Waals surface area (Å²) in [5.74, 6) is 4.57. The van der Waals surface area contributed by atoms with Crippen molar-refractivity contribution >= 4 is 44.9 Å². The van der Waals surface area contributed by atoms with Crippen LogP contribution in [0.15, 0.2) is 182 Å². The van der Waals surface area contributed by atoms with Gasteiger partial charge >= 0.3 is 0 Å². The molecule has 0 saturated heterocycles. The van der Waals surface area contributed by atoms with Gasteiger partial charge in [-0.2, -0.15) is 0 Å². The average molecular weight is 1030 g/mol. The first kappa shape index (κ1) is 48.7. The molecule has 0 unspecified atom stereocenters. The summed E-state index contributed by atoms with van der Waals surface area (Å²) in [7, 11) is 0. The summed E-state index contributed by atoms with van der Waals surface area (Å²) in [6, 6.07) is 70.5. The van der Waals surface area contributed by atoms with Crippen molar-refractivity contribution in [1.29, 1.82) is 0 Å². The SMILES string of the molecule is CC(C)(C)c1ccc(N(c2ccc3c(c2)C2(c4cc(N(c5ccc(C(C)(C)C)cc5)c5cccc6c5-c5ccccc5C6(C)C)c5ccccc5c4O3)C3CC4CC(C3)CC2C4)c2cccc3c2-c2ccccc2C3(C)C)cc1. The number of ether oxygens (including phenoxy) is 1. The fraction of sp³-hybridized carbons (Fsp3) is 0.316. The molecule has 1 heterocycles. The zero-order valence-corrected chi connectivity index (χ0v) is 48.0. The third-order valence-corrected chi connectivity index (χ3v) is 20.6. The molecule has 6 aliphatic carbocycles. The number of hydrogen-bond acceptors (Lipinski definition) is 3. The molecule has 3 nitrogen and oxygen atoms in total. The lowest BCUT2D eigenvalue weighted by Crippen LogP contribution is -2.57. The van der Waals surface area contributed by atoms with Gasteiger partial charge in [-0.1, -0.05) is 191 Å². The van der Waals surface area contributed by atoms with Gasteiger partial charge in [-0.25, -0.2) is 0 Å². The van der Waals surface area contributed by atoms with E-state index in [2.05, 4.69) is 261 Å². The Kier molecular flexibility index (Phi) is 10.4. The van der Waals surface area contributed by atoms with Crippen molar-refractivity contribution in [2.75, 3.05) is 9.80 Å². The molecule has 16 rings (SSSR count). The molecule has 7 aliphatic rings. The van der Waals surface area contributed by atoms with Crippen LogP contribution in [0.3, 0.4) is 0 Å². The Morgan fingerprint density at radius 2 is 0.848 bits per heavy atom. The lowest BCUT2D eigenvalue weighted by molar-refractivity contribution is -0.0450. The molecule has 4 fully saturated rings. The molecule has 0 N–H and O–H groups in total. The van der Waals surface area contributed by atoms with Crippen molar-refractivity contribution in [2.45, 2.75) is 128 Å². The first-order valence-electron chi connectivity index (χ1n) is 29.6. The molecular weight excluding hydrogens is 957 g/mol. The van der Waals surface area contributed by atoms with Crippen LogP contribution in [-0.4, -0.2) is 0 Å². The van der Waals surface area contributed by atoms with E-state index >= 15 is 0 Å². The molecular formula is C76H74N2O. The molecule has 79 heavy (non-hydrogen) atoms. The molecule has 0 atom stereocenters. The van der Waals surface area contributed by atoms with Crippen molar-refractivity contribution in [2.24, 2.45) is 23.7 Å². The topological polar surface area (TPSA) is 15.7 Å². The maximum absolute atomic E-state index is 7.68. The van der Waals surface area contributed by atoms with Crippen molar-refractivity contribution in [3.8, 4) is 33.8 Å². The monoisotopic (exact) mass is 1030 g/mol. The third-order valence-electron chi connectivity index (χ3n) is 20.6. The first-order valence-corrected chi connectivity index (χ1v) is 29.6. The second-order valence-corrected chi connectivity index (χ2v) is 27.8. The van der Waals surface area contributed by atoms with Crippen LogP contribution >= 0.6 is 0 Å². The molecule has 0 amide bonds. The molecule has 9 aromatic carbocycles. The van der Waals surface area contributed by atoms with E-state index < -0.39 is 0 Å². The van der Waals surface area contributed by atoms with Crippen molar-refractivity contribution in [1.82, 2.24) is 0 Å². The molecule has 9 aromatic rings. The lowest BCUT2D eigenvalue weighted by atomic mass is 9.41. The van der Waals surface area contributed by atoms with Gasteiger partial charge in [0.1, 0.15) is 11.5 Å². The Bertz CT molecular complexity index is 3940. The fourth-order valence-corrected chi connectivity index (χ4v) is 17.0. The van der Waals surface area contributed by atoms with Crippen molar-refractivity contribution in [3.05, 3.63) is 226 Å². The number of benzene rings is 9.